The van der Waals surface area contributed by atoms with E-state index in [0.717, 1.165) is 49.1 Å². The van der Waals surface area contributed by atoms with Crippen LogP contribution in [-0.2, 0) is 19.4 Å². The van der Waals surface area contributed by atoms with Crippen LogP contribution in [0.2, 0.25) is 0 Å². The van der Waals surface area contributed by atoms with Gasteiger partial charge in [0, 0.05) is 17.0 Å². The van der Waals surface area contributed by atoms with Gasteiger partial charge in [-0.25, -0.2) is 0 Å². The fraction of sp³-hybridized carbons (Fsp3) is 0.391. The van der Waals surface area contributed by atoms with Crippen molar-refractivity contribution in [1.82, 2.24) is 14.1 Å². The lowest BCUT2D eigenvalue weighted by atomic mass is 9.95. The summed E-state index contributed by atoms with van der Waals surface area (Å²) in [6.45, 7) is 4.88. The largest absolute Gasteiger partial charge is 0.487 e. The Bertz CT molecular complexity index is 1110. The molecule has 2 aromatic heterocycles. The highest BCUT2D eigenvalue weighted by Gasteiger charge is 2.26. The summed E-state index contributed by atoms with van der Waals surface area (Å²) in [5.74, 6) is 0.316. The Morgan fingerprint density at radius 3 is 2.59 bits per heavy atom. The van der Waals surface area contributed by atoms with Crippen LogP contribution in [0.4, 0.5) is 5.00 Å². The Labute approximate surface area is 195 Å². The molecule has 4 rings (SSSR count). The molecule has 168 valence electrons. The molecule has 1 aliphatic rings. The van der Waals surface area contributed by atoms with Crippen molar-refractivity contribution in [3.63, 3.8) is 0 Å². The fourth-order valence-electron chi connectivity index (χ4n) is 3.63. The topological polar surface area (TPSA) is 93.2 Å². The van der Waals surface area contributed by atoms with E-state index in [2.05, 4.69) is 19.4 Å². The lowest BCUT2D eigenvalue weighted by molar-refractivity contribution is 0.0954. The predicted octanol–water partition coefficient (Wildman–Crippen LogP) is 4.76. The summed E-state index contributed by atoms with van der Waals surface area (Å²) in [7, 11) is 0. The third kappa shape index (κ3) is 4.99. The summed E-state index contributed by atoms with van der Waals surface area (Å²) < 4.78 is 14.1. The smallest absolute Gasteiger partial charge is 0.256 e. The van der Waals surface area contributed by atoms with Crippen LogP contribution in [0, 0.1) is 6.92 Å². The van der Waals surface area contributed by atoms with E-state index >= 15 is 0 Å². The molecular weight excluding hydrogens is 444 g/mol. The second kappa shape index (κ2) is 10.2. The van der Waals surface area contributed by atoms with Crippen LogP contribution in [-0.4, -0.2) is 27.1 Å². The van der Waals surface area contributed by atoms with Gasteiger partial charge in [0.25, 0.3) is 11.8 Å². The average Bonchev–Trinajstić information content (AvgIpc) is 3.38. The van der Waals surface area contributed by atoms with Gasteiger partial charge in [-0.2, -0.15) is 8.75 Å². The van der Waals surface area contributed by atoms with Crippen LogP contribution in [0.15, 0.2) is 24.3 Å². The Balaban J connectivity index is 1.47. The van der Waals surface area contributed by atoms with Gasteiger partial charge in [-0.1, -0.05) is 6.92 Å². The lowest BCUT2D eigenvalue weighted by Gasteiger charge is -2.13. The minimum Gasteiger partial charge on any atom is -0.487 e. The summed E-state index contributed by atoms with van der Waals surface area (Å²) in [6, 6.07) is 6.97. The third-order valence-electron chi connectivity index (χ3n) is 5.40. The quantitative estimate of drug-likeness (QED) is 0.495. The molecule has 0 fully saturated rings. The Morgan fingerprint density at radius 1 is 1.09 bits per heavy atom. The van der Waals surface area contributed by atoms with Crippen molar-refractivity contribution < 1.29 is 14.3 Å². The highest BCUT2D eigenvalue weighted by molar-refractivity contribution is 7.17. The first kappa shape index (κ1) is 22.4. The number of aryl methyl sites for hydroxylation is 2. The number of anilines is 1. The van der Waals surface area contributed by atoms with E-state index in [9.17, 15) is 9.59 Å². The second-order valence-corrected chi connectivity index (χ2v) is 9.37. The number of hydrogen-bond acceptors (Lipinski definition) is 7. The maximum Gasteiger partial charge on any atom is 0.256 e. The number of hydrogen-bond donors (Lipinski definition) is 2. The van der Waals surface area contributed by atoms with Crippen LogP contribution in [0.5, 0.6) is 5.75 Å². The summed E-state index contributed by atoms with van der Waals surface area (Å²) in [4.78, 5) is 27.0. The number of aromatic nitrogens is 2. The van der Waals surface area contributed by atoms with Crippen LogP contribution >= 0.6 is 23.1 Å². The number of ether oxygens (including phenoxy) is 1. The highest BCUT2D eigenvalue weighted by atomic mass is 32.1. The lowest BCUT2D eigenvalue weighted by Crippen LogP contribution is -2.26. The van der Waals surface area contributed by atoms with Crippen molar-refractivity contribution in [3.05, 3.63) is 57.2 Å². The van der Waals surface area contributed by atoms with Crippen molar-refractivity contribution in [3.8, 4) is 5.75 Å². The molecule has 7 nitrogen and oxygen atoms in total. The minimum absolute atomic E-state index is 0.0999. The Kier molecular flexibility index (Phi) is 7.16. The third-order valence-corrected chi connectivity index (χ3v) is 7.26. The zero-order chi connectivity index (χ0) is 22.5. The molecule has 2 N–H and O–H groups in total. The standard InChI is InChI=1S/C23H26N4O3S2/c1-3-12-24-22(29)20-17-6-4-5-7-19(17)31-23(20)25-21(28)15-8-10-16(11-9-15)30-13-18-14(2)26-32-27-18/h8-11H,3-7,12-13H2,1-2H3,(H,24,29)(H,25,28). The molecule has 0 spiro atoms. The molecule has 0 bridgehead atoms. The van der Waals surface area contributed by atoms with Crippen LogP contribution in [0.3, 0.4) is 0 Å². The van der Waals surface area contributed by atoms with Crippen LogP contribution in [0.1, 0.15) is 68.7 Å². The summed E-state index contributed by atoms with van der Waals surface area (Å²) in [5.41, 5.74) is 3.92. The van der Waals surface area contributed by atoms with Gasteiger partial charge in [-0.15, -0.1) is 11.3 Å². The molecule has 3 aromatic rings. The average molecular weight is 471 g/mol. The van der Waals surface area contributed by atoms with Crippen molar-refractivity contribution in [2.45, 2.75) is 52.6 Å². The molecule has 0 unspecified atom stereocenters. The number of amides is 2. The Morgan fingerprint density at radius 2 is 1.88 bits per heavy atom. The molecule has 2 heterocycles. The van der Waals surface area contributed by atoms with Crippen molar-refractivity contribution >= 4 is 39.9 Å². The maximum atomic E-state index is 12.9. The van der Waals surface area contributed by atoms with Gasteiger partial charge in [-0.3, -0.25) is 9.59 Å². The normalized spacial score (nSPS) is 12.8. The van der Waals surface area contributed by atoms with Gasteiger partial charge in [0.15, 0.2) is 0 Å². The number of fused-ring (bicyclic) bond motifs is 1. The van der Waals surface area contributed by atoms with Crippen LogP contribution in [0.25, 0.3) is 0 Å². The first-order valence-electron chi connectivity index (χ1n) is 10.8. The number of carbonyl (C=O) groups excluding carboxylic acids is 2. The van der Waals surface area contributed by atoms with Gasteiger partial charge in [0.05, 0.1) is 23.0 Å². The molecule has 0 radical (unpaired) electrons. The number of nitrogens with one attached hydrogen (secondary N) is 2. The molecule has 0 saturated carbocycles. The number of rotatable bonds is 8. The monoisotopic (exact) mass is 470 g/mol. The first-order chi connectivity index (χ1) is 15.6. The van der Waals surface area contributed by atoms with E-state index in [0.29, 0.717) is 35.0 Å². The molecular formula is C23H26N4O3S2. The molecule has 0 aliphatic heterocycles. The second-order valence-electron chi connectivity index (χ2n) is 7.73. The summed E-state index contributed by atoms with van der Waals surface area (Å²) in [5, 5.41) is 6.59. The molecule has 9 heteroatoms. The molecule has 0 atom stereocenters. The fourth-order valence-corrected chi connectivity index (χ4v) is 5.46. The zero-order valence-corrected chi connectivity index (χ0v) is 19.8. The number of thiophene rings is 1. The zero-order valence-electron chi connectivity index (χ0n) is 18.2. The number of carbonyl (C=O) groups is 2. The molecule has 2 amide bonds. The van der Waals surface area contributed by atoms with Gasteiger partial charge in [0.1, 0.15) is 23.1 Å². The van der Waals surface area contributed by atoms with E-state index < -0.39 is 0 Å². The van der Waals surface area contributed by atoms with Gasteiger partial charge >= 0.3 is 0 Å². The molecule has 1 aromatic carbocycles. The van der Waals surface area contributed by atoms with E-state index in [1.54, 1.807) is 24.3 Å². The molecule has 1 aliphatic carbocycles. The van der Waals surface area contributed by atoms with Gasteiger partial charge in [-0.05, 0) is 68.9 Å². The van der Waals surface area contributed by atoms with Crippen molar-refractivity contribution in [1.29, 1.82) is 0 Å². The first-order valence-corrected chi connectivity index (χ1v) is 12.4. The Hall–Kier alpha value is -2.78. The maximum absolute atomic E-state index is 12.9. The predicted molar refractivity (Wildman–Crippen MR) is 127 cm³/mol. The van der Waals surface area contributed by atoms with E-state index in [1.807, 2.05) is 13.8 Å². The molecule has 0 saturated heterocycles. The summed E-state index contributed by atoms with van der Waals surface area (Å²) in [6.07, 6.45) is 4.91. The molecule has 32 heavy (non-hydrogen) atoms. The van der Waals surface area contributed by atoms with Crippen molar-refractivity contribution in [2.75, 3.05) is 11.9 Å². The minimum atomic E-state index is -0.237. The summed E-state index contributed by atoms with van der Waals surface area (Å²) >= 11 is 2.69. The number of nitrogens with zero attached hydrogens (tertiary/aromatic N) is 2. The van der Waals surface area contributed by atoms with E-state index in [1.165, 1.54) is 27.9 Å². The van der Waals surface area contributed by atoms with E-state index in [4.69, 9.17) is 4.74 Å². The van der Waals surface area contributed by atoms with Gasteiger partial charge in [0.2, 0.25) is 0 Å². The van der Waals surface area contributed by atoms with Crippen molar-refractivity contribution in [2.24, 2.45) is 0 Å². The van der Waals surface area contributed by atoms with E-state index in [-0.39, 0.29) is 11.8 Å². The van der Waals surface area contributed by atoms with Gasteiger partial charge < -0.3 is 15.4 Å². The van der Waals surface area contributed by atoms with Crippen LogP contribution < -0.4 is 15.4 Å². The number of benzene rings is 1. The SMILES string of the molecule is CCCNC(=O)c1c(NC(=O)c2ccc(OCc3nsnc3C)cc2)sc2c1CCCC2. The highest BCUT2D eigenvalue weighted by Crippen LogP contribution is 2.38.